The van der Waals surface area contributed by atoms with Gasteiger partial charge in [-0.25, -0.2) is 0 Å². The molecule has 0 saturated heterocycles. The number of carbonyl (C=O) groups is 1. The standard InChI is InChI=1S/C20H22N2O4/c1-12-5-7-15-16(11-20(3,4)26-18(15)9-12)21-19(23)14-6-8-17(22(24)25)13(2)10-14/h5-10,16H,11H2,1-4H3,(H,21,23)/t16-/m0/s1. The smallest absolute Gasteiger partial charge is 0.272 e. The molecule has 0 bridgehead atoms. The monoisotopic (exact) mass is 354 g/mol. The van der Waals surface area contributed by atoms with Crippen LogP contribution in [0.5, 0.6) is 5.75 Å². The van der Waals surface area contributed by atoms with Gasteiger partial charge in [-0.05, 0) is 51.5 Å². The van der Waals surface area contributed by atoms with Crippen LogP contribution < -0.4 is 10.1 Å². The van der Waals surface area contributed by atoms with Crippen molar-refractivity contribution in [3.05, 3.63) is 68.8 Å². The van der Waals surface area contributed by atoms with Gasteiger partial charge in [0.15, 0.2) is 0 Å². The van der Waals surface area contributed by atoms with Gasteiger partial charge >= 0.3 is 0 Å². The summed E-state index contributed by atoms with van der Waals surface area (Å²) in [4.78, 5) is 23.2. The molecule has 0 aromatic heterocycles. The van der Waals surface area contributed by atoms with Crippen LogP contribution in [0.15, 0.2) is 36.4 Å². The van der Waals surface area contributed by atoms with Crippen molar-refractivity contribution < 1.29 is 14.5 Å². The number of benzene rings is 2. The van der Waals surface area contributed by atoms with Gasteiger partial charge < -0.3 is 10.1 Å². The van der Waals surface area contributed by atoms with Crippen LogP contribution in [0.1, 0.15) is 53.4 Å². The van der Waals surface area contributed by atoms with Gasteiger partial charge in [-0.15, -0.1) is 0 Å². The molecule has 3 rings (SSSR count). The highest BCUT2D eigenvalue weighted by molar-refractivity contribution is 5.95. The molecule has 136 valence electrons. The molecule has 2 aromatic rings. The molecule has 0 radical (unpaired) electrons. The number of nitro groups is 1. The first-order valence-corrected chi connectivity index (χ1v) is 8.52. The number of ether oxygens (including phenoxy) is 1. The third-order valence-electron chi connectivity index (χ3n) is 4.59. The summed E-state index contributed by atoms with van der Waals surface area (Å²) in [6.45, 7) is 7.62. The zero-order chi connectivity index (χ0) is 19.1. The van der Waals surface area contributed by atoms with Crippen molar-refractivity contribution in [3.63, 3.8) is 0 Å². The topological polar surface area (TPSA) is 81.5 Å². The Morgan fingerprint density at radius 1 is 1.23 bits per heavy atom. The molecular formula is C20H22N2O4. The fourth-order valence-corrected chi connectivity index (χ4v) is 3.33. The Kier molecular flexibility index (Phi) is 4.44. The fraction of sp³-hybridized carbons (Fsp3) is 0.350. The lowest BCUT2D eigenvalue weighted by atomic mass is 9.89. The van der Waals surface area contributed by atoms with Crippen LogP contribution in [0.3, 0.4) is 0 Å². The Morgan fingerprint density at radius 3 is 2.62 bits per heavy atom. The molecule has 1 atom stereocenters. The lowest BCUT2D eigenvalue weighted by Crippen LogP contribution is -2.41. The Morgan fingerprint density at radius 2 is 1.96 bits per heavy atom. The number of hydrogen-bond acceptors (Lipinski definition) is 4. The SMILES string of the molecule is Cc1ccc2c(c1)OC(C)(C)C[C@@H]2NC(=O)c1ccc([N+](=O)[O-])c(C)c1. The maximum absolute atomic E-state index is 12.7. The van der Waals surface area contributed by atoms with Gasteiger partial charge in [0.05, 0.1) is 11.0 Å². The van der Waals surface area contributed by atoms with Crippen LogP contribution in [-0.4, -0.2) is 16.4 Å². The summed E-state index contributed by atoms with van der Waals surface area (Å²) in [5.41, 5.74) is 2.52. The molecule has 1 aliphatic rings. The van der Waals surface area contributed by atoms with Crippen LogP contribution in [0, 0.1) is 24.0 Å². The Hall–Kier alpha value is -2.89. The number of carbonyl (C=O) groups excluding carboxylic acids is 1. The maximum atomic E-state index is 12.7. The number of rotatable bonds is 3. The van der Waals surface area contributed by atoms with Gasteiger partial charge in [0.1, 0.15) is 11.4 Å². The van der Waals surface area contributed by atoms with Crippen molar-refractivity contribution >= 4 is 11.6 Å². The van der Waals surface area contributed by atoms with Gasteiger partial charge in [0, 0.05) is 29.2 Å². The zero-order valence-corrected chi connectivity index (χ0v) is 15.3. The summed E-state index contributed by atoms with van der Waals surface area (Å²) in [5, 5.41) is 14.0. The van der Waals surface area contributed by atoms with Gasteiger partial charge in [-0.1, -0.05) is 12.1 Å². The van der Waals surface area contributed by atoms with Crippen LogP contribution in [0.4, 0.5) is 5.69 Å². The van der Waals surface area contributed by atoms with E-state index in [4.69, 9.17) is 4.74 Å². The molecule has 0 fully saturated rings. The third kappa shape index (κ3) is 3.54. The number of amides is 1. The second kappa shape index (κ2) is 6.44. The minimum absolute atomic E-state index is 0.00886. The van der Waals surface area contributed by atoms with Gasteiger partial charge in [-0.3, -0.25) is 14.9 Å². The van der Waals surface area contributed by atoms with Crippen molar-refractivity contribution in [1.82, 2.24) is 5.32 Å². The molecule has 1 aliphatic heterocycles. The van der Waals surface area contributed by atoms with Gasteiger partial charge in [0.2, 0.25) is 0 Å². The third-order valence-corrected chi connectivity index (χ3v) is 4.59. The highest BCUT2D eigenvalue weighted by Gasteiger charge is 2.34. The van der Waals surface area contributed by atoms with E-state index in [2.05, 4.69) is 5.32 Å². The van der Waals surface area contributed by atoms with E-state index in [-0.39, 0.29) is 17.6 Å². The van der Waals surface area contributed by atoms with E-state index >= 15 is 0 Å². The number of aryl methyl sites for hydroxylation is 2. The highest BCUT2D eigenvalue weighted by atomic mass is 16.6. The van der Waals surface area contributed by atoms with Gasteiger partial charge in [-0.2, -0.15) is 0 Å². The molecule has 6 heteroatoms. The number of nitro benzene ring substituents is 1. The predicted octanol–water partition coefficient (Wildman–Crippen LogP) is 4.24. The summed E-state index contributed by atoms with van der Waals surface area (Å²) >= 11 is 0. The number of nitrogens with one attached hydrogen (secondary N) is 1. The summed E-state index contributed by atoms with van der Waals surface area (Å²) < 4.78 is 6.05. The summed E-state index contributed by atoms with van der Waals surface area (Å²) in [7, 11) is 0. The van der Waals surface area contributed by atoms with E-state index < -0.39 is 10.5 Å². The molecule has 0 saturated carbocycles. The average Bonchev–Trinajstić information content (AvgIpc) is 2.52. The van der Waals surface area contributed by atoms with E-state index in [9.17, 15) is 14.9 Å². The molecule has 1 N–H and O–H groups in total. The van der Waals surface area contributed by atoms with Crippen molar-refractivity contribution in [2.75, 3.05) is 0 Å². The molecule has 0 spiro atoms. The highest BCUT2D eigenvalue weighted by Crippen LogP contribution is 2.40. The van der Waals surface area contributed by atoms with Crippen molar-refractivity contribution in [2.24, 2.45) is 0 Å². The van der Waals surface area contributed by atoms with Crippen molar-refractivity contribution in [1.29, 1.82) is 0 Å². The molecule has 6 nitrogen and oxygen atoms in total. The zero-order valence-electron chi connectivity index (χ0n) is 15.3. The molecule has 0 aliphatic carbocycles. The summed E-state index contributed by atoms with van der Waals surface area (Å²) in [5.74, 6) is 0.531. The van der Waals surface area contributed by atoms with Gasteiger partial charge in [0.25, 0.3) is 11.6 Å². The van der Waals surface area contributed by atoms with E-state index in [0.29, 0.717) is 17.5 Å². The number of nitrogens with zero attached hydrogens (tertiary/aromatic N) is 1. The fourth-order valence-electron chi connectivity index (χ4n) is 3.33. The van der Waals surface area contributed by atoms with E-state index in [0.717, 1.165) is 16.9 Å². The second-order valence-corrected chi connectivity index (χ2v) is 7.39. The lowest BCUT2D eigenvalue weighted by molar-refractivity contribution is -0.385. The average molecular weight is 354 g/mol. The van der Waals surface area contributed by atoms with E-state index in [1.807, 2.05) is 39.0 Å². The van der Waals surface area contributed by atoms with Crippen LogP contribution in [0.25, 0.3) is 0 Å². The quantitative estimate of drug-likeness (QED) is 0.660. The first-order valence-electron chi connectivity index (χ1n) is 8.52. The Balaban J connectivity index is 1.88. The predicted molar refractivity (Wildman–Crippen MR) is 98.5 cm³/mol. The minimum atomic E-state index is -0.448. The molecular weight excluding hydrogens is 332 g/mol. The lowest BCUT2D eigenvalue weighted by Gasteiger charge is -2.38. The molecule has 0 unspecified atom stereocenters. The molecule has 1 amide bonds. The number of fused-ring (bicyclic) bond motifs is 1. The van der Waals surface area contributed by atoms with Crippen LogP contribution >= 0.6 is 0 Å². The Labute approximate surface area is 152 Å². The van der Waals surface area contributed by atoms with Crippen molar-refractivity contribution in [2.45, 2.75) is 45.8 Å². The van der Waals surface area contributed by atoms with E-state index in [1.165, 1.54) is 12.1 Å². The van der Waals surface area contributed by atoms with Crippen LogP contribution in [0.2, 0.25) is 0 Å². The largest absolute Gasteiger partial charge is 0.487 e. The summed E-state index contributed by atoms with van der Waals surface area (Å²) in [6.07, 6.45) is 0.640. The second-order valence-electron chi connectivity index (χ2n) is 7.39. The van der Waals surface area contributed by atoms with Crippen LogP contribution in [-0.2, 0) is 0 Å². The Bertz CT molecular complexity index is 889. The molecule has 26 heavy (non-hydrogen) atoms. The van der Waals surface area contributed by atoms with E-state index in [1.54, 1.807) is 13.0 Å². The molecule has 2 aromatic carbocycles. The molecule has 1 heterocycles. The maximum Gasteiger partial charge on any atom is 0.272 e. The van der Waals surface area contributed by atoms with Crippen molar-refractivity contribution in [3.8, 4) is 5.75 Å². The summed E-state index contributed by atoms with van der Waals surface area (Å²) in [6, 6.07) is 10.2. The normalized spacial score (nSPS) is 17.8. The first kappa shape index (κ1) is 17.9. The minimum Gasteiger partial charge on any atom is -0.487 e. The first-order chi connectivity index (χ1) is 12.2. The number of hydrogen-bond donors (Lipinski definition) is 1.